The van der Waals surface area contributed by atoms with Gasteiger partial charge in [0, 0.05) is 11.4 Å². The molecule has 0 atom stereocenters. The van der Waals surface area contributed by atoms with Crippen molar-refractivity contribution in [1.82, 2.24) is 20.0 Å². The van der Waals surface area contributed by atoms with Crippen LogP contribution in [0.2, 0.25) is 5.02 Å². The number of aryl methyl sites for hydroxylation is 2. The van der Waals surface area contributed by atoms with Crippen molar-refractivity contribution in [2.45, 2.75) is 44.3 Å². The lowest BCUT2D eigenvalue weighted by Gasteiger charge is -2.36. The zero-order valence-electron chi connectivity index (χ0n) is 20.0. The molecule has 0 saturated carbocycles. The summed E-state index contributed by atoms with van der Waals surface area (Å²) in [6, 6.07) is 10.1. The maximum atomic E-state index is 13.6. The molecular formula is C25H26ClN5O4S. The average Bonchev–Trinajstić information content (AvgIpc) is 3.34. The molecule has 2 N–H and O–H groups in total. The van der Waals surface area contributed by atoms with Crippen molar-refractivity contribution in [2.75, 3.05) is 13.1 Å². The third kappa shape index (κ3) is 5.28. The van der Waals surface area contributed by atoms with Gasteiger partial charge in [-0.1, -0.05) is 30.7 Å². The van der Waals surface area contributed by atoms with Crippen LogP contribution in [0, 0.1) is 18.3 Å². The molecular weight excluding hydrogens is 502 g/mol. The van der Waals surface area contributed by atoms with E-state index in [1.165, 1.54) is 0 Å². The summed E-state index contributed by atoms with van der Waals surface area (Å²) in [4.78, 5) is 22.6. The summed E-state index contributed by atoms with van der Waals surface area (Å²) in [7, 11) is -4.02. The Morgan fingerprint density at radius 2 is 1.97 bits per heavy atom. The lowest BCUT2D eigenvalue weighted by atomic mass is 9.73. The van der Waals surface area contributed by atoms with E-state index in [1.54, 1.807) is 43.5 Å². The number of carbonyl (C=O) groups is 1. The van der Waals surface area contributed by atoms with Gasteiger partial charge in [0.05, 0.1) is 39.9 Å². The van der Waals surface area contributed by atoms with E-state index in [0.717, 1.165) is 0 Å². The number of benzene rings is 1. The van der Waals surface area contributed by atoms with Gasteiger partial charge < -0.3 is 9.73 Å². The summed E-state index contributed by atoms with van der Waals surface area (Å²) < 4.78 is 33.8. The topological polar surface area (TPSA) is 138 Å². The van der Waals surface area contributed by atoms with Crippen molar-refractivity contribution >= 4 is 27.5 Å². The fourth-order valence-electron chi connectivity index (χ4n) is 4.37. The van der Waals surface area contributed by atoms with Crippen LogP contribution in [0.3, 0.4) is 0 Å². The van der Waals surface area contributed by atoms with Crippen LogP contribution in [0.5, 0.6) is 0 Å². The van der Waals surface area contributed by atoms with E-state index in [0.29, 0.717) is 53.0 Å². The monoisotopic (exact) mass is 527 g/mol. The molecule has 9 nitrogen and oxygen atoms in total. The van der Waals surface area contributed by atoms with Crippen LogP contribution in [0.15, 0.2) is 40.9 Å². The third-order valence-electron chi connectivity index (χ3n) is 6.33. The first kappa shape index (κ1) is 25.8. The molecule has 1 aliphatic heterocycles. The largest absolute Gasteiger partial charge is 0.441 e. The maximum Gasteiger partial charge on any atom is 0.245 e. The standard InChI is InChI=1S/C25H26ClN5O4S/c1-3-20-14-29-23(35-20)21-12-18(13-27)22(30-16(21)2)25(8-10-28-11-9-25)24(32)31-36(33,34)15-17-4-6-19(26)7-5-17/h4-7,12,14,28H,3,8-11,15H2,1-2H3,(H,31,32). The second kappa shape index (κ2) is 10.4. The molecule has 188 valence electrons. The summed E-state index contributed by atoms with van der Waals surface area (Å²) in [5.41, 5.74) is 0.719. The molecule has 0 bridgehead atoms. The summed E-state index contributed by atoms with van der Waals surface area (Å²) >= 11 is 5.89. The molecule has 1 saturated heterocycles. The van der Waals surface area contributed by atoms with E-state index in [-0.39, 0.29) is 29.9 Å². The molecule has 3 aromatic rings. The van der Waals surface area contributed by atoms with Crippen molar-refractivity contribution in [3.8, 4) is 17.5 Å². The number of carbonyl (C=O) groups excluding carboxylic acids is 1. The van der Waals surface area contributed by atoms with Crippen LogP contribution in [-0.2, 0) is 32.4 Å². The van der Waals surface area contributed by atoms with Gasteiger partial charge in [-0.05, 0) is 56.6 Å². The van der Waals surface area contributed by atoms with Crippen LogP contribution in [0.4, 0.5) is 0 Å². The number of pyridine rings is 1. The minimum atomic E-state index is -4.02. The summed E-state index contributed by atoms with van der Waals surface area (Å²) in [5.74, 6) is -0.0372. The van der Waals surface area contributed by atoms with Crippen LogP contribution in [0.1, 0.15) is 48.0 Å². The molecule has 1 aliphatic rings. The highest BCUT2D eigenvalue weighted by Gasteiger charge is 2.46. The molecule has 0 spiro atoms. The van der Waals surface area contributed by atoms with Crippen LogP contribution < -0.4 is 10.0 Å². The number of rotatable bonds is 7. The van der Waals surface area contributed by atoms with Crippen LogP contribution >= 0.6 is 11.6 Å². The predicted octanol–water partition coefficient (Wildman–Crippen LogP) is 3.40. The fraction of sp³-hybridized carbons (Fsp3) is 0.360. The van der Waals surface area contributed by atoms with Gasteiger partial charge in [0.2, 0.25) is 21.8 Å². The maximum absolute atomic E-state index is 13.6. The minimum Gasteiger partial charge on any atom is -0.441 e. The van der Waals surface area contributed by atoms with E-state index in [2.05, 4.69) is 26.1 Å². The van der Waals surface area contributed by atoms with Crippen molar-refractivity contribution in [3.05, 3.63) is 69.8 Å². The SMILES string of the molecule is CCc1cnc(-c2cc(C#N)c(C3(C(=O)NS(=O)(=O)Cc4ccc(Cl)cc4)CCNCC3)nc2C)o1. The number of nitrogens with one attached hydrogen (secondary N) is 2. The van der Waals surface area contributed by atoms with Crippen molar-refractivity contribution < 1.29 is 17.6 Å². The summed E-state index contributed by atoms with van der Waals surface area (Å²) in [5, 5.41) is 13.7. The lowest BCUT2D eigenvalue weighted by molar-refractivity contribution is -0.126. The van der Waals surface area contributed by atoms with Gasteiger partial charge >= 0.3 is 0 Å². The van der Waals surface area contributed by atoms with Crippen molar-refractivity contribution in [2.24, 2.45) is 0 Å². The van der Waals surface area contributed by atoms with Gasteiger partial charge in [-0.25, -0.2) is 13.4 Å². The number of hydrogen-bond acceptors (Lipinski definition) is 8. The zero-order chi connectivity index (χ0) is 25.9. The second-order valence-corrected chi connectivity index (χ2v) is 10.9. The Kier molecular flexibility index (Phi) is 7.45. The van der Waals surface area contributed by atoms with E-state index in [4.69, 9.17) is 16.0 Å². The molecule has 36 heavy (non-hydrogen) atoms. The Bertz CT molecular complexity index is 1420. The number of nitriles is 1. The number of hydrogen-bond donors (Lipinski definition) is 2. The number of oxazole rings is 1. The normalized spacial score (nSPS) is 15.3. The van der Waals surface area contributed by atoms with E-state index in [9.17, 15) is 18.5 Å². The second-order valence-electron chi connectivity index (χ2n) is 8.76. The van der Waals surface area contributed by atoms with E-state index in [1.807, 2.05) is 6.92 Å². The molecule has 1 fully saturated rings. The zero-order valence-corrected chi connectivity index (χ0v) is 21.5. The summed E-state index contributed by atoms with van der Waals surface area (Å²) in [6.45, 7) is 4.63. The summed E-state index contributed by atoms with van der Waals surface area (Å²) in [6.07, 6.45) is 2.87. The Balaban J connectivity index is 1.71. The van der Waals surface area contributed by atoms with E-state index < -0.39 is 21.3 Å². The lowest BCUT2D eigenvalue weighted by Crippen LogP contribution is -2.53. The quantitative estimate of drug-likeness (QED) is 0.476. The van der Waals surface area contributed by atoms with Crippen molar-refractivity contribution in [1.29, 1.82) is 5.26 Å². The average molecular weight is 528 g/mol. The number of halogens is 1. The van der Waals surface area contributed by atoms with Gasteiger partial charge in [-0.2, -0.15) is 5.26 Å². The van der Waals surface area contributed by atoms with Gasteiger partial charge in [-0.3, -0.25) is 14.5 Å². The minimum absolute atomic E-state index is 0.180. The Morgan fingerprint density at radius 1 is 1.28 bits per heavy atom. The van der Waals surface area contributed by atoms with Gasteiger partial charge in [0.25, 0.3) is 0 Å². The first-order valence-corrected chi connectivity index (χ1v) is 13.6. The number of piperidine rings is 1. The number of sulfonamides is 1. The highest BCUT2D eigenvalue weighted by atomic mass is 35.5. The smallest absolute Gasteiger partial charge is 0.245 e. The van der Waals surface area contributed by atoms with Gasteiger partial charge in [0.15, 0.2) is 0 Å². The van der Waals surface area contributed by atoms with Gasteiger partial charge in [-0.15, -0.1) is 0 Å². The van der Waals surface area contributed by atoms with Crippen LogP contribution in [0.25, 0.3) is 11.5 Å². The molecule has 1 aromatic carbocycles. The van der Waals surface area contributed by atoms with Crippen LogP contribution in [-0.4, -0.2) is 37.4 Å². The molecule has 11 heteroatoms. The Morgan fingerprint density at radius 3 is 2.58 bits per heavy atom. The number of nitrogens with zero attached hydrogens (tertiary/aromatic N) is 3. The number of amides is 1. The molecule has 1 amide bonds. The molecule has 0 radical (unpaired) electrons. The molecule has 4 rings (SSSR count). The highest BCUT2D eigenvalue weighted by Crippen LogP contribution is 2.37. The molecule has 3 heterocycles. The van der Waals surface area contributed by atoms with Crippen molar-refractivity contribution in [3.63, 3.8) is 0 Å². The Hall–Kier alpha value is -3.26. The Labute approximate surface area is 215 Å². The molecule has 2 aromatic heterocycles. The molecule has 0 aliphatic carbocycles. The van der Waals surface area contributed by atoms with Gasteiger partial charge in [0.1, 0.15) is 11.8 Å². The fourth-order valence-corrected chi connectivity index (χ4v) is 5.67. The predicted molar refractivity (Wildman–Crippen MR) is 135 cm³/mol. The first-order valence-electron chi connectivity index (χ1n) is 11.5. The highest BCUT2D eigenvalue weighted by molar-refractivity contribution is 7.89. The first-order chi connectivity index (χ1) is 17.2. The number of aromatic nitrogens is 2. The van der Waals surface area contributed by atoms with E-state index >= 15 is 0 Å². The third-order valence-corrected chi connectivity index (χ3v) is 7.79. The molecule has 0 unspecified atom stereocenters.